The average Bonchev–Trinajstić information content (AvgIpc) is 3.02. The summed E-state index contributed by atoms with van der Waals surface area (Å²) < 4.78 is 17.3. The van der Waals surface area contributed by atoms with Crippen LogP contribution in [0.25, 0.3) is 0 Å². The number of amides is 1. The van der Waals surface area contributed by atoms with Crippen molar-refractivity contribution in [2.75, 3.05) is 71.3 Å². The summed E-state index contributed by atoms with van der Waals surface area (Å²) in [6.45, 7) is 17.3. The summed E-state index contributed by atoms with van der Waals surface area (Å²) in [5, 5.41) is 3.92. The first kappa shape index (κ1) is 34.9. The van der Waals surface area contributed by atoms with Gasteiger partial charge in [-0.05, 0) is 74.4 Å². The molecule has 0 saturated carbocycles. The Labute approximate surface area is 274 Å². The third-order valence-corrected chi connectivity index (χ3v) is 9.60. The second-order valence-corrected chi connectivity index (χ2v) is 13.5. The number of unbranched alkanes of at least 4 members (excludes halogenated alkanes) is 1. The van der Waals surface area contributed by atoms with Crippen LogP contribution in [0.4, 0.5) is 16.2 Å². The molecule has 0 radical (unpaired) electrons. The number of fused-ring (bicyclic) bond motifs is 1. The van der Waals surface area contributed by atoms with Gasteiger partial charge >= 0.3 is 6.09 Å². The molecule has 2 aromatic rings. The largest absolute Gasteiger partial charge is 0.494 e. The Morgan fingerprint density at radius 2 is 1.87 bits per heavy atom. The minimum absolute atomic E-state index is 0.0404. The maximum absolute atomic E-state index is 12.8. The zero-order valence-electron chi connectivity index (χ0n) is 28.0. The molecule has 10 heteroatoms. The molecule has 45 heavy (non-hydrogen) atoms. The van der Waals surface area contributed by atoms with Gasteiger partial charge in [-0.15, -0.1) is 0 Å². The van der Waals surface area contributed by atoms with Crippen LogP contribution in [0.3, 0.4) is 0 Å². The Morgan fingerprint density at radius 1 is 1.09 bits per heavy atom. The Balaban J connectivity index is 1.16. The summed E-state index contributed by atoms with van der Waals surface area (Å²) in [5.41, 5.74) is 4.25. The number of hydrogen-bond donors (Lipinski definition) is 1. The molecule has 0 unspecified atom stereocenters. The van der Waals surface area contributed by atoms with Crippen LogP contribution >= 0.6 is 11.6 Å². The maximum atomic E-state index is 12.8. The number of aliphatic imine (C=N–C) groups is 1. The maximum Gasteiger partial charge on any atom is 0.413 e. The Morgan fingerprint density at radius 3 is 2.60 bits per heavy atom. The van der Waals surface area contributed by atoms with Crippen LogP contribution in [0.1, 0.15) is 58.1 Å². The van der Waals surface area contributed by atoms with E-state index in [1.807, 2.05) is 19.2 Å². The van der Waals surface area contributed by atoms with Gasteiger partial charge in [0.1, 0.15) is 5.75 Å². The van der Waals surface area contributed by atoms with Gasteiger partial charge in [0.15, 0.2) is 5.90 Å². The zero-order chi connectivity index (χ0) is 32.4. The number of benzene rings is 2. The van der Waals surface area contributed by atoms with E-state index < -0.39 is 6.09 Å². The lowest BCUT2D eigenvalue weighted by molar-refractivity contribution is 0.0168. The number of carbonyl (C=O) groups is 1. The number of nitrogens with zero attached hydrogens (tertiary/aromatic N) is 4. The molecule has 2 aliphatic rings. The lowest BCUT2D eigenvalue weighted by atomic mass is 9.81. The van der Waals surface area contributed by atoms with Crippen LogP contribution in [0.5, 0.6) is 5.75 Å². The van der Waals surface area contributed by atoms with Crippen molar-refractivity contribution in [1.29, 1.82) is 0 Å². The number of anilines is 1. The molecule has 1 N–H and O–H groups in total. The first-order valence-corrected chi connectivity index (χ1v) is 16.7. The molecule has 0 aliphatic carbocycles. The first-order valence-electron chi connectivity index (χ1n) is 16.3. The third kappa shape index (κ3) is 9.99. The lowest BCUT2D eigenvalue weighted by Gasteiger charge is -2.36. The fourth-order valence-electron chi connectivity index (χ4n) is 5.49. The van der Waals surface area contributed by atoms with Crippen molar-refractivity contribution in [3.05, 3.63) is 52.5 Å². The van der Waals surface area contributed by atoms with Crippen LogP contribution in [-0.4, -0.2) is 88.2 Å². The normalized spacial score (nSPS) is 15.5. The van der Waals surface area contributed by atoms with E-state index in [-0.39, 0.29) is 12.2 Å². The molecular weight excluding hydrogens is 590 g/mol. The highest BCUT2D eigenvalue weighted by molar-refractivity contribution is 6.34. The highest BCUT2D eigenvalue weighted by Crippen LogP contribution is 2.31. The number of aryl methyl sites for hydroxylation is 2. The van der Waals surface area contributed by atoms with Crippen LogP contribution < -0.4 is 15.0 Å². The Hall–Kier alpha value is -3.01. The number of carbonyl (C=O) groups excluding carboxylic acids is 1. The first-order chi connectivity index (χ1) is 21.6. The summed E-state index contributed by atoms with van der Waals surface area (Å²) in [6.07, 6.45) is 3.16. The number of halogens is 1. The van der Waals surface area contributed by atoms with E-state index in [1.54, 1.807) is 4.90 Å². The number of ether oxygens (including phenoxy) is 3. The molecule has 9 nitrogen and oxygen atoms in total. The van der Waals surface area contributed by atoms with E-state index in [2.05, 4.69) is 79.0 Å². The predicted octanol–water partition coefficient (Wildman–Crippen LogP) is 6.88. The van der Waals surface area contributed by atoms with Crippen molar-refractivity contribution in [3.8, 4) is 5.75 Å². The summed E-state index contributed by atoms with van der Waals surface area (Å²) in [4.78, 5) is 24.0. The van der Waals surface area contributed by atoms with Crippen molar-refractivity contribution in [3.63, 3.8) is 0 Å². The minimum atomic E-state index is -0.403. The molecule has 0 spiro atoms. The van der Waals surface area contributed by atoms with E-state index in [0.29, 0.717) is 38.1 Å². The zero-order valence-corrected chi connectivity index (χ0v) is 28.8. The Bertz CT molecular complexity index is 1290. The smallest absolute Gasteiger partial charge is 0.413 e. The van der Waals surface area contributed by atoms with Crippen molar-refractivity contribution in [2.24, 2.45) is 16.3 Å². The van der Waals surface area contributed by atoms with Crippen LogP contribution in [-0.2, 0) is 15.9 Å². The quantitative estimate of drug-likeness (QED) is 0.178. The molecular formula is C35H52ClN5O4. The van der Waals surface area contributed by atoms with Gasteiger partial charge < -0.3 is 24.4 Å². The van der Waals surface area contributed by atoms with Gasteiger partial charge in [0.2, 0.25) is 6.79 Å². The van der Waals surface area contributed by atoms with Gasteiger partial charge in [0.05, 0.1) is 29.7 Å². The minimum Gasteiger partial charge on any atom is -0.494 e. The van der Waals surface area contributed by atoms with Crippen LogP contribution in [0.15, 0.2) is 41.4 Å². The van der Waals surface area contributed by atoms with Crippen molar-refractivity contribution >= 4 is 35.0 Å². The Kier molecular flexibility index (Phi) is 12.8. The van der Waals surface area contributed by atoms with Gasteiger partial charge in [-0.2, -0.15) is 0 Å². The molecule has 4 rings (SSSR count). The highest BCUT2D eigenvalue weighted by Gasteiger charge is 2.28. The second-order valence-electron chi connectivity index (χ2n) is 13.1. The van der Waals surface area contributed by atoms with Crippen LogP contribution in [0, 0.1) is 18.3 Å². The van der Waals surface area contributed by atoms with E-state index in [1.165, 1.54) is 0 Å². The predicted molar refractivity (Wildman–Crippen MR) is 183 cm³/mol. The monoisotopic (exact) mass is 641 g/mol. The average molecular weight is 642 g/mol. The van der Waals surface area contributed by atoms with Crippen molar-refractivity contribution in [1.82, 2.24) is 15.1 Å². The van der Waals surface area contributed by atoms with Crippen molar-refractivity contribution < 1.29 is 19.0 Å². The van der Waals surface area contributed by atoms with Crippen LogP contribution in [0.2, 0.25) is 5.02 Å². The molecule has 1 saturated heterocycles. The van der Waals surface area contributed by atoms with Gasteiger partial charge in [-0.3, -0.25) is 9.80 Å². The fraction of sp³-hybridized carbons (Fsp3) is 0.600. The molecule has 0 atom stereocenters. The van der Waals surface area contributed by atoms with E-state index in [9.17, 15) is 4.79 Å². The van der Waals surface area contributed by atoms with Gasteiger partial charge in [-0.1, -0.05) is 57.5 Å². The van der Waals surface area contributed by atoms with Gasteiger partial charge in [0, 0.05) is 45.2 Å². The summed E-state index contributed by atoms with van der Waals surface area (Å²) in [6, 6.07) is 12.3. The molecule has 0 aromatic heterocycles. The summed E-state index contributed by atoms with van der Waals surface area (Å²) in [5.74, 6) is 1.80. The van der Waals surface area contributed by atoms with E-state index >= 15 is 0 Å². The van der Waals surface area contributed by atoms with Gasteiger partial charge in [0.25, 0.3) is 0 Å². The molecule has 0 bridgehead atoms. The number of hydrogen-bond acceptors (Lipinski definition) is 8. The third-order valence-electron chi connectivity index (χ3n) is 9.11. The SMILES string of the molecule is CNCN(CC(C)(C)C(C)C)C(=O)OCOC1=Nc2cc(OCCCCN3CCN(c4cccc(C)c4Cl)CC3)ccc2CC1. The molecule has 248 valence electrons. The van der Waals surface area contributed by atoms with Gasteiger partial charge in [-0.25, -0.2) is 9.79 Å². The summed E-state index contributed by atoms with van der Waals surface area (Å²) in [7, 11) is 1.82. The molecule has 2 aliphatic heterocycles. The van der Waals surface area contributed by atoms with E-state index in [0.717, 1.165) is 85.3 Å². The molecule has 2 heterocycles. The van der Waals surface area contributed by atoms with Crippen molar-refractivity contribution in [2.45, 2.75) is 60.3 Å². The molecule has 2 aromatic carbocycles. The number of nitrogens with one attached hydrogen (secondary N) is 1. The van der Waals surface area contributed by atoms with E-state index in [4.69, 9.17) is 25.8 Å². The highest BCUT2D eigenvalue weighted by atomic mass is 35.5. The number of rotatable bonds is 14. The fourth-order valence-corrected chi connectivity index (χ4v) is 5.74. The number of piperazine rings is 1. The molecule has 1 fully saturated rings. The topological polar surface area (TPSA) is 78.9 Å². The summed E-state index contributed by atoms with van der Waals surface area (Å²) >= 11 is 6.55. The molecule has 1 amide bonds. The lowest BCUT2D eigenvalue weighted by Crippen LogP contribution is -2.46. The standard InChI is InChI=1S/C35H52ClN5O4/c1-26(2)35(4,5)23-41(24-37-6)34(42)45-25-44-32-15-13-28-12-14-29(22-30(28)38-32)43-21-8-7-16-39-17-19-40(20-18-39)31-11-9-10-27(3)33(31)36/h9-12,14,22,26,37H,7-8,13,15-21,23-25H2,1-6H3. The second kappa shape index (κ2) is 16.5.